The molecule has 18 heavy (non-hydrogen) atoms. The van der Waals surface area contributed by atoms with Crippen molar-refractivity contribution in [1.82, 2.24) is 0 Å². The van der Waals surface area contributed by atoms with Gasteiger partial charge in [-0.25, -0.2) is 0 Å². The lowest BCUT2D eigenvalue weighted by molar-refractivity contribution is 0.277. The molecule has 0 saturated heterocycles. The van der Waals surface area contributed by atoms with E-state index in [9.17, 15) is 5.11 Å². The molecule has 0 heterocycles. The summed E-state index contributed by atoms with van der Waals surface area (Å²) in [7, 11) is 0. The van der Waals surface area contributed by atoms with Crippen LogP contribution in [-0.4, -0.2) is 16.8 Å². The van der Waals surface area contributed by atoms with Gasteiger partial charge in [-0.1, -0.05) is 46.8 Å². The van der Waals surface area contributed by atoms with Gasteiger partial charge in [0.25, 0.3) is 0 Å². The summed E-state index contributed by atoms with van der Waals surface area (Å²) in [5.41, 5.74) is 2.19. The molecule has 102 valence electrons. The van der Waals surface area contributed by atoms with Gasteiger partial charge < -0.3 is 10.2 Å². The molecule has 2 N–H and O–H groups in total. The second kappa shape index (κ2) is 5.31. The van der Waals surface area contributed by atoms with Gasteiger partial charge in [0.05, 0.1) is 0 Å². The maximum absolute atomic E-state index is 10.1. The zero-order valence-corrected chi connectivity index (χ0v) is 12.2. The molecule has 0 aliphatic carbocycles. The topological polar surface area (TPSA) is 40.5 Å². The molecule has 0 unspecified atom stereocenters. The molecule has 0 fully saturated rings. The van der Waals surface area contributed by atoms with E-state index in [1.54, 1.807) is 6.07 Å². The minimum Gasteiger partial charge on any atom is -0.508 e. The van der Waals surface area contributed by atoms with Crippen LogP contribution in [0.3, 0.4) is 0 Å². The molecule has 0 aliphatic rings. The van der Waals surface area contributed by atoms with Crippen LogP contribution in [0.5, 0.6) is 5.75 Å². The van der Waals surface area contributed by atoms with Crippen LogP contribution in [0.4, 0.5) is 0 Å². The van der Waals surface area contributed by atoms with E-state index in [2.05, 4.69) is 34.6 Å². The summed E-state index contributed by atoms with van der Waals surface area (Å²) in [6.07, 6.45) is 1.63. The van der Waals surface area contributed by atoms with Crippen molar-refractivity contribution in [3.63, 3.8) is 0 Å². The van der Waals surface area contributed by atoms with Gasteiger partial charge in [0.2, 0.25) is 0 Å². The van der Waals surface area contributed by atoms with Crippen molar-refractivity contribution in [2.24, 2.45) is 5.41 Å². The predicted molar refractivity (Wildman–Crippen MR) is 76.0 cm³/mol. The first-order valence-electron chi connectivity index (χ1n) is 6.59. The van der Waals surface area contributed by atoms with Gasteiger partial charge in [0.1, 0.15) is 5.75 Å². The third-order valence-corrected chi connectivity index (χ3v) is 3.16. The van der Waals surface area contributed by atoms with E-state index in [1.165, 1.54) is 0 Å². The first-order chi connectivity index (χ1) is 8.15. The van der Waals surface area contributed by atoms with E-state index in [1.807, 2.05) is 12.1 Å². The number of rotatable bonds is 4. The predicted octanol–water partition coefficient (Wildman–Crippen LogP) is 3.64. The minimum absolute atomic E-state index is 0.0756. The second-order valence-electron chi connectivity index (χ2n) is 6.95. The maximum Gasteiger partial charge on any atom is 0.119 e. The van der Waals surface area contributed by atoms with Gasteiger partial charge in [-0.15, -0.1) is 0 Å². The van der Waals surface area contributed by atoms with Crippen molar-refractivity contribution in [2.75, 3.05) is 6.61 Å². The monoisotopic (exact) mass is 250 g/mol. The largest absolute Gasteiger partial charge is 0.508 e. The van der Waals surface area contributed by atoms with Gasteiger partial charge in [0.15, 0.2) is 0 Å². The number of aliphatic hydroxyl groups excluding tert-OH is 1. The number of phenols is 1. The number of hydrogen-bond acceptors (Lipinski definition) is 2. The average Bonchev–Trinajstić information content (AvgIpc) is 2.17. The van der Waals surface area contributed by atoms with Crippen LogP contribution < -0.4 is 0 Å². The summed E-state index contributed by atoms with van der Waals surface area (Å²) in [6.45, 7) is 11.1. The number of phenolic OH excluding ortho intramolecular Hbond substituents is 1. The summed E-state index contributed by atoms with van der Waals surface area (Å²) in [5.74, 6) is 0.353. The Morgan fingerprint density at radius 2 is 1.67 bits per heavy atom. The molecule has 1 rings (SSSR count). The molecule has 0 radical (unpaired) electrons. The normalized spacial score (nSPS) is 12.8. The van der Waals surface area contributed by atoms with E-state index in [4.69, 9.17) is 5.11 Å². The van der Waals surface area contributed by atoms with Crippen molar-refractivity contribution in [2.45, 2.75) is 52.9 Å². The molecule has 0 aromatic heterocycles. The fourth-order valence-corrected chi connectivity index (χ4v) is 2.83. The third-order valence-electron chi connectivity index (χ3n) is 3.16. The molecule has 0 aliphatic heterocycles. The molecular weight excluding hydrogens is 224 g/mol. The third kappa shape index (κ3) is 4.02. The zero-order valence-electron chi connectivity index (χ0n) is 12.2. The standard InChI is InChI=1S/C16H26O2/c1-15(2,3)11-16(4,5)13-10-12(8-9-17)6-7-14(13)18/h6-7,10,17-18H,8-9,11H2,1-5H3. The summed E-state index contributed by atoms with van der Waals surface area (Å²) in [4.78, 5) is 0. The Balaban J connectivity index is 3.10. The summed E-state index contributed by atoms with van der Waals surface area (Å²) in [6, 6.07) is 5.64. The molecule has 0 amide bonds. The van der Waals surface area contributed by atoms with Gasteiger partial charge in [-0.2, -0.15) is 0 Å². The molecule has 0 saturated carbocycles. The van der Waals surface area contributed by atoms with E-state index in [-0.39, 0.29) is 17.4 Å². The van der Waals surface area contributed by atoms with E-state index >= 15 is 0 Å². The Labute approximate surface area is 111 Å². The van der Waals surface area contributed by atoms with Gasteiger partial charge >= 0.3 is 0 Å². The van der Waals surface area contributed by atoms with Crippen LogP contribution in [-0.2, 0) is 11.8 Å². The van der Waals surface area contributed by atoms with Crippen molar-refractivity contribution in [3.8, 4) is 5.75 Å². The van der Waals surface area contributed by atoms with Crippen LogP contribution >= 0.6 is 0 Å². The smallest absolute Gasteiger partial charge is 0.119 e. The van der Waals surface area contributed by atoms with Crippen molar-refractivity contribution in [3.05, 3.63) is 29.3 Å². The van der Waals surface area contributed by atoms with Crippen LogP contribution in [0.15, 0.2) is 18.2 Å². The fraction of sp³-hybridized carbons (Fsp3) is 0.625. The first kappa shape index (κ1) is 15.0. The highest BCUT2D eigenvalue weighted by Crippen LogP contribution is 2.40. The zero-order chi connectivity index (χ0) is 14.0. The van der Waals surface area contributed by atoms with Crippen LogP contribution in [0, 0.1) is 5.41 Å². The molecular formula is C16H26O2. The van der Waals surface area contributed by atoms with Gasteiger partial charge in [-0.3, -0.25) is 0 Å². The molecule has 0 atom stereocenters. The summed E-state index contributed by atoms with van der Waals surface area (Å²) >= 11 is 0. The Morgan fingerprint density at radius 1 is 1.06 bits per heavy atom. The molecule has 1 aromatic carbocycles. The first-order valence-corrected chi connectivity index (χ1v) is 6.59. The SMILES string of the molecule is CC(C)(C)CC(C)(C)c1cc(CCO)ccc1O. The Morgan fingerprint density at radius 3 is 2.17 bits per heavy atom. The Hall–Kier alpha value is -1.02. The highest BCUT2D eigenvalue weighted by molar-refractivity contribution is 5.41. The number of aliphatic hydroxyl groups is 1. The van der Waals surface area contributed by atoms with Gasteiger partial charge in [-0.05, 0) is 40.9 Å². The van der Waals surface area contributed by atoms with Crippen LogP contribution in [0.1, 0.15) is 52.2 Å². The summed E-state index contributed by atoms with van der Waals surface area (Å²) < 4.78 is 0. The lowest BCUT2D eigenvalue weighted by atomic mass is 9.71. The van der Waals surface area contributed by atoms with Crippen molar-refractivity contribution in [1.29, 1.82) is 0 Å². The Bertz CT molecular complexity index is 400. The van der Waals surface area contributed by atoms with Gasteiger partial charge in [0, 0.05) is 6.61 Å². The summed E-state index contributed by atoms with van der Waals surface area (Å²) in [5, 5.41) is 19.1. The van der Waals surface area contributed by atoms with E-state index in [0.717, 1.165) is 17.5 Å². The minimum atomic E-state index is -0.0756. The quantitative estimate of drug-likeness (QED) is 0.856. The van der Waals surface area contributed by atoms with E-state index in [0.29, 0.717) is 12.2 Å². The van der Waals surface area contributed by atoms with Crippen LogP contribution in [0.2, 0.25) is 0 Å². The average molecular weight is 250 g/mol. The second-order valence-corrected chi connectivity index (χ2v) is 6.95. The molecule has 2 heteroatoms. The molecule has 1 aromatic rings. The van der Waals surface area contributed by atoms with Crippen molar-refractivity contribution < 1.29 is 10.2 Å². The lowest BCUT2D eigenvalue weighted by Gasteiger charge is -2.33. The van der Waals surface area contributed by atoms with Crippen LogP contribution in [0.25, 0.3) is 0 Å². The van der Waals surface area contributed by atoms with E-state index < -0.39 is 0 Å². The Kier molecular flexibility index (Phi) is 4.44. The fourth-order valence-electron chi connectivity index (χ4n) is 2.83. The highest BCUT2D eigenvalue weighted by atomic mass is 16.3. The maximum atomic E-state index is 10.1. The molecule has 0 spiro atoms. The van der Waals surface area contributed by atoms with Crippen molar-refractivity contribution >= 4 is 0 Å². The lowest BCUT2D eigenvalue weighted by Crippen LogP contribution is -2.25. The molecule has 2 nitrogen and oxygen atoms in total. The number of aromatic hydroxyl groups is 1. The number of hydrogen-bond donors (Lipinski definition) is 2. The molecule has 0 bridgehead atoms. The number of benzene rings is 1. The highest BCUT2D eigenvalue weighted by Gasteiger charge is 2.29.